The van der Waals surface area contributed by atoms with Crippen molar-refractivity contribution < 1.29 is 4.39 Å². The summed E-state index contributed by atoms with van der Waals surface area (Å²) in [7, 11) is 1.98. The number of fused-ring (bicyclic) bond motifs is 1. The average Bonchev–Trinajstić information content (AvgIpc) is 2.71. The highest BCUT2D eigenvalue weighted by Crippen LogP contribution is 2.27. The largest absolute Gasteiger partial charge is 0.313 e. The molecule has 0 aliphatic heterocycles. The number of benzene rings is 1. The third-order valence-electron chi connectivity index (χ3n) is 4.14. The van der Waals surface area contributed by atoms with Gasteiger partial charge in [-0.25, -0.2) is 14.4 Å². The SMILES string of the molecule is CNC1CCCCc2nc(Cc3ccccc3F)ncc21. The number of hydrogen-bond donors (Lipinski definition) is 1. The van der Waals surface area contributed by atoms with Gasteiger partial charge in [-0.3, -0.25) is 0 Å². The Kier molecular flexibility index (Phi) is 4.25. The lowest BCUT2D eigenvalue weighted by Gasteiger charge is -2.16. The predicted molar refractivity (Wildman–Crippen MR) is 80.6 cm³/mol. The minimum Gasteiger partial charge on any atom is -0.313 e. The molecule has 21 heavy (non-hydrogen) atoms. The molecule has 0 saturated carbocycles. The van der Waals surface area contributed by atoms with Crippen LogP contribution >= 0.6 is 0 Å². The normalized spacial score (nSPS) is 18.1. The molecule has 1 N–H and O–H groups in total. The number of rotatable bonds is 3. The Morgan fingerprint density at radius 1 is 1.29 bits per heavy atom. The summed E-state index contributed by atoms with van der Waals surface area (Å²) in [5, 5.41) is 3.34. The van der Waals surface area contributed by atoms with E-state index in [0.717, 1.165) is 25.0 Å². The third kappa shape index (κ3) is 3.10. The number of aromatic nitrogens is 2. The van der Waals surface area contributed by atoms with Crippen molar-refractivity contribution in [2.24, 2.45) is 0 Å². The quantitative estimate of drug-likeness (QED) is 0.880. The number of halogens is 1. The van der Waals surface area contributed by atoms with E-state index in [1.807, 2.05) is 19.3 Å². The fourth-order valence-electron chi connectivity index (χ4n) is 2.95. The van der Waals surface area contributed by atoms with Gasteiger partial charge in [-0.2, -0.15) is 0 Å². The van der Waals surface area contributed by atoms with Crippen LogP contribution < -0.4 is 5.32 Å². The van der Waals surface area contributed by atoms with E-state index < -0.39 is 0 Å². The molecule has 1 aromatic heterocycles. The first-order valence-corrected chi connectivity index (χ1v) is 7.53. The zero-order chi connectivity index (χ0) is 14.7. The van der Waals surface area contributed by atoms with Gasteiger partial charge in [0.25, 0.3) is 0 Å². The van der Waals surface area contributed by atoms with Crippen molar-refractivity contribution in [3.05, 3.63) is 58.9 Å². The van der Waals surface area contributed by atoms with Crippen LogP contribution in [-0.4, -0.2) is 17.0 Å². The van der Waals surface area contributed by atoms with E-state index in [1.54, 1.807) is 12.1 Å². The zero-order valence-electron chi connectivity index (χ0n) is 12.3. The standard InChI is InChI=1S/C17H20FN3/c1-19-15-8-4-5-9-16-13(15)11-20-17(21-16)10-12-6-2-3-7-14(12)18/h2-3,6-7,11,15,19H,4-5,8-10H2,1H3. The van der Waals surface area contributed by atoms with Crippen molar-refractivity contribution in [1.29, 1.82) is 0 Å². The molecule has 0 spiro atoms. The molecule has 0 saturated heterocycles. The summed E-state index contributed by atoms with van der Waals surface area (Å²) in [5.41, 5.74) is 2.97. The Labute approximate surface area is 124 Å². The molecule has 1 aromatic carbocycles. The van der Waals surface area contributed by atoms with E-state index >= 15 is 0 Å². The molecule has 1 aliphatic rings. The second-order valence-corrected chi connectivity index (χ2v) is 5.54. The van der Waals surface area contributed by atoms with Crippen LogP contribution in [0.1, 0.15) is 47.9 Å². The first-order valence-electron chi connectivity index (χ1n) is 7.53. The van der Waals surface area contributed by atoms with E-state index in [4.69, 9.17) is 4.98 Å². The topological polar surface area (TPSA) is 37.8 Å². The van der Waals surface area contributed by atoms with E-state index in [9.17, 15) is 4.39 Å². The molecule has 1 aliphatic carbocycles. The van der Waals surface area contributed by atoms with Gasteiger partial charge in [0.05, 0.1) is 0 Å². The molecule has 0 bridgehead atoms. The predicted octanol–water partition coefficient (Wildman–Crippen LogP) is 3.19. The molecular formula is C17H20FN3. The molecular weight excluding hydrogens is 265 g/mol. The summed E-state index contributed by atoms with van der Waals surface area (Å²) < 4.78 is 13.7. The van der Waals surface area contributed by atoms with Gasteiger partial charge in [-0.05, 0) is 37.9 Å². The molecule has 1 unspecified atom stereocenters. The molecule has 4 heteroatoms. The molecule has 1 heterocycles. The Morgan fingerprint density at radius 3 is 2.95 bits per heavy atom. The van der Waals surface area contributed by atoms with Crippen LogP contribution in [0.5, 0.6) is 0 Å². The van der Waals surface area contributed by atoms with Crippen molar-refractivity contribution in [2.75, 3.05) is 7.05 Å². The van der Waals surface area contributed by atoms with Gasteiger partial charge in [-0.1, -0.05) is 24.6 Å². The minimum absolute atomic E-state index is 0.191. The molecule has 0 radical (unpaired) electrons. The fourth-order valence-corrected chi connectivity index (χ4v) is 2.95. The van der Waals surface area contributed by atoms with Gasteiger partial charge in [0.2, 0.25) is 0 Å². The van der Waals surface area contributed by atoms with E-state index in [2.05, 4.69) is 10.3 Å². The van der Waals surface area contributed by atoms with Gasteiger partial charge in [-0.15, -0.1) is 0 Å². The number of hydrogen-bond acceptors (Lipinski definition) is 3. The summed E-state index contributed by atoms with van der Waals surface area (Å²) in [4.78, 5) is 9.14. The summed E-state index contributed by atoms with van der Waals surface area (Å²) in [6.07, 6.45) is 6.83. The van der Waals surface area contributed by atoms with Crippen molar-refractivity contribution in [3.63, 3.8) is 0 Å². The summed E-state index contributed by atoms with van der Waals surface area (Å²) in [6, 6.07) is 7.16. The van der Waals surface area contributed by atoms with Crippen molar-refractivity contribution in [3.8, 4) is 0 Å². The van der Waals surface area contributed by atoms with E-state index in [-0.39, 0.29) is 5.82 Å². The third-order valence-corrected chi connectivity index (χ3v) is 4.14. The Hall–Kier alpha value is -1.81. The highest BCUT2D eigenvalue weighted by atomic mass is 19.1. The maximum Gasteiger partial charge on any atom is 0.133 e. The Morgan fingerprint density at radius 2 is 2.14 bits per heavy atom. The van der Waals surface area contributed by atoms with Gasteiger partial charge in [0.1, 0.15) is 11.6 Å². The van der Waals surface area contributed by atoms with Crippen LogP contribution in [0.25, 0.3) is 0 Å². The number of nitrogens with zero attached hydrogens (tertiary/aromatic N) is 2. The molecule has 0 amide bonds. The lowest BCUT2D eigenvalue weighted by molar-refractivity contribution is 0.531. The Balaban J connectivity index is 1.89. The Bertz CT molecular complexity index is 627. The van der Waals surface area contributed by atoms with Crippen LogP contribution in [0.2, 0.25) is 0 Å². The van der Waals surface area contributed by atoms with Gasteiger partial charge in [0, 0.05) is 29.9 Å². The first kappa shape index (κ1) is 14.1. The van der Waals surface area contributed by atoms with Crippen molar-refractivity contribution in [2.45, 2.75) is 38.1 Å². The summed E-state index contributed by atoms with van der Waals surface area (Å²) in [6.45, 7) is 0. The molecule has 2 aromatic rings. The summed E-state index contributed by atoms with van der Waals surface area (Å²) >= 11 is 0. The van der Waals surface area contributed by atoms with E-state index in [0.29, 0.717) is 23.9 Å². The fraction of sp³-hybridized carbons (Fsp3) is 0.412. The van der Waals surface area contributed by atoms with Gasteiger partial charge < -0.3 is 5.32 Å². The first-order chi connectivity index (χ1) is 10.3. The van der Waals surface area contributed by atoms with Crippen LogP contribution in [-0.2, 0) is 12.8 Å². The van der Waals surface area contributed by atoms with Crippen molar-refractivity contribution in [1.82, 2.24) is 15.3 Å². The lowest BCUT2D eigenvalue weighted by atomic mass is 10.0. The maximum atomic E-state index is 13.7. The van der Waals surface area contributed by atoms with Gasteiger partial charge in [0.15, 0.2) is 0 Å². The molecule has 3 nitrogen and oxygen atoms in total. The number of aryl methyl sites for hydroxylation is 1. The second-order valence-electron chi connectivity index (χ2n) is 5.54. The smallest absolute Gasteiger partial charge is 0.133 e. The maximum absolute atomic E-state index is 13.7. The highest BCUT2D eigenvalue weighted by molar-refractivity contribution is 5.26. The molecule has 110 valence electrons. The monoisotopic (exact) mass is 285 g/mol. The van der Waals surface area contributed by atoms with Crippen LogP contribution in [0.15, 0.2) is 30.5 Å². The van der Waals surface area contributed by atoms with Crippen LogP contribution in [0.3, 0.4) is 0 Å². The zero-order valence-corrected chi connectivity index (χ0v) is 12.3. The molecule has 3 rings (SSSR count). The second kappa shape index (κ2) is 6.31. The molecule has 0 fully saturated rings. The highest BCUT2D eigenvalue weighted by Gasteiger charge is 2.19. The average molecular weight is 285 g/mol. The van der Waals surface area contributed by atoms with Gasteiger partial charge >= 0.3 is 0 Å². The van der Waals surface area contributed by atoms with Crippen molar-refractivity contribution >= 4 is 0 Å². The number of nitrogens with one attached hydrogen (secondary N) is 1. The lowest BCUT2D eigenvalue weighted by Crippen LogP contribution is -2.18. The molecule has 1 atom stereocenters. The van der Waals surface area contributed by atoms with Crippen LogP contribution in [0.4, 0.5) is 4.39 Å². The summed E-state index contributed by atoms with van der Waals surface area (Å²) in [5.74, 6) is 0.514. The van der Waals surface area contributed by atoms with E-state index in [1.165, 1.54) is 18.1 Å². The van der Waals surface area contributed by atoms with Crippen LogP contribution in [0, 0.1) is 5.82 Å². The minimum atomic E-state index is -0.191.